The van der Waals surface area contributed by atoms with Gasteiger partial charge in [0.2, 0.25) is 40.7 Å². The molecule has 0 N–H and O–H groups in total. The van der Waals surface area contributed by atoms with Crippen molar-refractivity contribution in [3.05, 3.63) is 101 Å². The van der Waals surface area contributed by atoms with Crippen LogP contribution in [-0.4, -0.2) is 41.3 Å². The summed E-state index contributed by atoms with van der Waals surface area (Å²) in [5.41, 5.74) is 1.61. The van der Waals surface area contributed by atoms with E-state index in [1.54, 1.807) is 30.3 Å². The van der Waals surface area contributed by atoms with Crippen LogP contribution in [0.3, 0.4) is 0 Å². The smallest absolute Gasteiger partial charge is 0.329 e. The number of hydrogen-bond acceptors (Lipinski definition) is 7. The minimum absolute atomic E-state index is 0.113. The van der Waals surface area contributed by atoms with Crippen LogP contribution >= 0.6 is 0 Å². The minimum Gasteiger partial charge on any atom is -0.461 e. The second-order valence-corrected chi connectivity index (χ2v) is 15.1. The van der Waals surface area contributed by atoms with Crippen LogP contribution < -0.4 is 4.74 Å². The zero-order valence-corrected chi connectivity index (χ0v) is 34.8. The van der Waals surface area contributed by atoms with Crippen LogP contribution in [-0.2, 0) is 41.9 Å². The van der Waals surface area contributed by atoms with E-state index in [-0.39, 0.29) is 44.5 Å². The zero-order valence-electron chi connectivity index (χ0n) is 34.8. The average molecular weight is 846 g/mol. The maximum absolute atomic E-state index is 14.3. The molecule has 0 aliphatic heterocycles. The van der Waals surface area contributed by atoms with E-state index in [1.165, 1.54) is 17.7 Å². The van der Waals surface area contributed by atoms with E-state index in [9.17, 15) is 41.1 Å². The Hall–Kier alpha value is -4.81. The Morgan fingerprint density at radius 2 is 0.967 bits per heavy atom. The molecular weight excluding hydrogens is 786 g/mol. The van der Waals surface area contributed by atoms with Gasteiger partial charge < -0.3 is 19.1 Å². The monoisotopic (exact) mass is 845 g/mol. The summed E-state index contributed by atoms with van der Waals surface area (Å²) >= 11 is 0. The molecule has 3 rings (SSSR count). The second kappa shape index (κ2) is 28.6. The standard InChI is InChI=1S/C47H60F5NO7/c1-2-3-4-5-6-7-11-14-23-32-53(38(54)28-21-12-9-8-10-13-22-29-39(55)58-33-35-24-17-15-18-25-35)37(47(57)59-34-36-26-19-16-20-27-36)30-31-40(56)60-46-44(51)42(49)41(48)43(50)45(46)52/h15-20,24-27,37H,2-14,21-23,28-34H2,1H3. The lowest BCUT2D eigenvalue weighted by molar-refractivity contribution is -0.157. The van der Waals surface area contributed by atoms with Gasteiger partial charge in [0.25, 0.3) is 0 Å². The van der Waals surface area contributed by atoms with Gasteiger partial charge in [0.1, 0.15) is 19.3 Å². The van der Waals surface area contributed by atoms with Crippen LogP contribution in [0.1, 0.15) is 146 Å². The zero-order chi connectivity index (χ0) is 43.5. The van der Waals surface area contributed by atoms with Gasteiger partial charge >= 0.3 is 17.9 Å². The second-order valence-electron chi connectivity index (χ2n) is 15.1. The normalized spacial score (nSPS) is 11.6. The fourth-order valence-corrected chi connectivity index (χ4v) is 6.75. The number of carbonyl (C=O) groups excluding carboxylic acids is 4. The third-order valence-electron chi connectivity index (χ3n) is 10.2. The van der Waals surface area contributed by atoms with Crippen LogP contribution in [0.15, 0.2) is 60.7 Å². The van der Waals surface area contributed by atoms with Gasteiger partial charge in [-0.2, -0.15) is 8.78 Å². The van der Waals surface area contributed by atoms with Crippen molar-refractivity contribution in [2.45, 2.75) is 155 Å². The first-order chi connectivity index (χ1) is 29.0. The van der Waals surface area contributed by atoms with Crippen LogP contribution in [0.5, 0.6) is 5.75 Å². The number of halogens is 5. The molecule has 1 amide bonds. The molecule has 0 aromatic heterocycles. The molecule has 3 aromatic rings. The van der Waals surface area contributed by atoms with Crippen LogP contribution in [0, 0.1) is 29.1 Å². The van der Waals surface area contributed by atoms with Gasteiger partial charge in [0.05, 0.1) is 0 Å². The summed E-state index contributed by atoms with van der Waals surface area (Å²) in [6, 6.07) is 17.0. The van der Waals surface area contributed by atoms with Crippen molar-refractivity contribution in [2.75, 3.05) is 6.54 Å². The molecule has 0 aliphatic carbocycles. The van der Waals surface area contributed by atoms with E-state index in [2.05, 4.69) is 11.7 Å². The summed E-state index contributed by atoms with van der Waals surface area (Å²) in [7, 11) is 0. The van der Waals surface area contributed by atoms with Crippen molar-refractivity contribution >= 4 is 23.8 Å². The molecule has 0 radical (unpaired) electrons. The molecule has 0 aliphatic rings. The van der Waals surface area contributed by atoms with Crippen LogP contribution in [0.25, 0.3) is 0 Å². The highest BCUT2D eigenvalue weighted by atomic mass is 19.2. The van der Waals surface area contributed by atoms with E-state index in [0.29, 0.717) is 24.8 Å². The first-order valence-corrected chi connectivity index (χ1v) is 21.4. The lowest BCUT2D eigenvalue weighted by Gasteiger charge is -2.30. The molecule has 60 heavy (non-hydrogen) atoms. The van der Waals surface area contributed by atoms with E-state index in [4.69, 9.17) is 9.47 Å². The number of esters is 3. The van der Waals surface area contributed by atoms with Gasteiger partial charge in [-0.3, -0.25) is 14.4 Å². The van der Waals surface area contributed by atoms with Gasteiger partial charge in [0.15, 0.2) is 0 Å². The number of hydrogen-bond donors (Lipinski definition) is 0. The van der Waals surface area contributed by atoms with Crippen molar-refractivity contribution in [1.29, 1.82) is 0 Å². The van der Waals surface area contributed by atoms with E-state index in [0.717, 1.165) is 82.6 Å². The van der Waals surface area contributed by atoms with Crippen LogP contribution in [0.4, 0.5) is 22.0 Å². The maximum Gasteiger partial charge on any atom is 0.329 e. The maximum atomic E-state index is 14.3. The summed E-state index contributed by atoms with van der Waals surface area (Å²) in [5, 5.41) is 0. The Kier molecular flexibility index (Phi) is 23.6. The van der Waals surface area contributed by atoms with Crippen molar-refractivity contribution in [2.24, 2.45) is 0 Å². The molecule has 1 unspecified atom stereocenters. The molecule has 0 saturated heterocycles. The number of carbonyl (C=O) groups is 4. The Bertz CT molecular complexity index is 1720. The minimum atomic E-state index is -2.40. The van der Waals surface area contributed by atoms with Gasteiger partial charge in [-0.05, 0) is 36.8 Å². The first-order valence-electron chi connectivity index (χ1n) is 21.4. The molecule has 0 saturated carbocycles. The summed E-state index contributed by atoms with van der Waals surface area (Å²) in [5.74, 6) is -16.0. The largest absolute Gasteiger partial charge is 0.461 e. The van der Waals surface area contributed by atoms with Gasteiger partial charge in [0, 0.05) is 25.8 Å². The molecular formula is C47H60F5NO7. The Balaban J connectivity index is 1.60. The molecule has 8 nitrogen and oxygen atoms in total. The lowest BCUT2D eigenvalue weighted by Crippen LogP contribution is -2.46. The molecule has 0 spiro atoms. The predicted molar refractivity (Wildman–Crippen MR) is 218 cm³/mol. The molecule has 13 heteroatoms. The van der Waals surface area contributed by atoms with E-state index >= 15 is 0 Å². The van der Waals surface area contributed by atoms with E-state index in [1.807, 2.05) is 30.3 Å². The number of unbranched alkanes of at least 4 members (excludes halogenated alkanes) is 14. The Morgan fingerprint density at radius 1 is 0.517 bits per heavy atom. The Labute approximate surface area is 351 Å². The van der Waals surface area contributed by atoms with Crippen molar-refractivity contribution < 1.29 is 55.3 Å². The van der Waals surface area contributed by atoms with E-state index < -0.39 is 59.2 Å². The topological polar surface area (TPSA) is 99.2 Å². The number of nitrogens with zero attached hydrogens (tertiary/aromatic N) is 1. The SMILES string of the molecule is CCCCCCCCCCCN(C(=O)CCCCCCCCCC(=O)OCc1ccccc1)C(CCC(=O)Oc1c(F)c(F)c(F)c(F)c1F)C(=O)OCc1ccccc1. The quantitative estimate of drug-likeness (QED) is 0.0164. The summed E-state index contributed by atoms with van der Waals surface area (Å²) in [6.45, 7) is 2.47. The molecule has 330 valence electrons. The first kappa shape index (κ1) is 49.6. The lowest BCUT2D eigenvalue weighted by atomic mass is 10.0. The fourth-order valence-electron chi connectivity index (χ4n) is 6.75. The highest BCUT2D eigenvalue weighted by molar-refractivity contribution is 5.85. The van der Waals surface area contributed by atoms with Crippen LogP contribution in [0.2, 0.25) is 0 Å². The number of amides is 1. The third-order valence-corrected chi connectivity index (χ3v) is 10.2. The summed E-state index contributed by atoms with van der Waals surface area (Å²) in [6.07, 6.45) is 14.0. The van der Waals surface area contributed by atoms with Crippen molar-refractivity contribution in [3.63, 3.8) is 0 Å². The summed E-state index contributed by atoms with van der Waals surface area (Å²) < 4.78 is 85.3. The number of benzene rings is 3. The van der Waals surface area contributed by atoms with Gasteiger partial charge in [-0.15, -0.1) is 0 Å². The Morgan fingerprint density at radius 3 is 1.50 bits per heavy atom. The molecule has 1 atom stereocenters. The highest BCUT2D eigenvalue weighted by Gasteiger charge is 2.33. The third kappa shape index (κ3) is 18.2. The van der Waals surface area contributed by atoms with Crippen molar-refractivity contribution in [3.8, 4) is 5.75 Å². The van der Waals surface area contributed by atoms with Gasteiger partial charge in [-0.1, -0.05) is 151 Å². The molecule has 0 heterocycles. The molecule has 0 fully saturated rings. The predicted octanol–water partition coefficient (Wildman–Crippen LogP) is 11.8. The highest BCUT2D eigenvalue weighted by Crippen LogP contribution is 2.30. The van der Waals surface area contributed by atoms with Gasteiger partial charge in [-0.25, -0.2) is 18.0 Å². The number of ether oxygens (including phenoxy) is 3. The summed E-state index contributed by atoms with van der Waals surface area (Å²) in [4.78, 5) is 53.9. The molecule has 0 bridgehead atoms. The molecule has 3 aromatic carbocycles. The van der Waals surface area contributed by atoms with Crippen molar-refractivity contribution in [1.82, 2.24) is 4.90 Å². The number of rotatable bonds is 30. The fraction of sp³-hybridized carbons (Fsp3) is 0.532. The average Bonchev–Trinajstić information content (AvgIpc) is 3.26.